The van der Waals surface area contributed by atoms with Crippen molar-refractivity contribution in [2.24, 2.45) is 11.7 Å². The molecule has 0 fully saturated rings. The molecule has 1 aromatic rings. The normalized spacial score (nSPS) is 13.9. The Morgan fingerprint density at radius 1 is 1.18 bits per heavy atom. The lowest BCUT2D eigenvalue weighted by molar-refractivity contribution is 0.354. The standard InChI is InChI=1S/C13H19NO2S/c1-8(9(2)13(14)17)10-5-6-11(15-3)12(7-10)16-4/h5-9H,1-4H3,(H2,14,17). The Morgan fingerprint density at radius 2 is 1.76 bits per heavy atom. The Balaban J connectivity index is 3.03. The lowest BCUT2D eigenvalue weighted by Crippen LogP contribution is -2.23. The second kappa shape index (κ2) is 5.87. The maximum Gasteiger partial charge on any atom is 0.160 e. The number of hydrogen-bond donors (Lipinski definition) is 1. The third-order valence-corrected chi connectivity index (χ3v) is 3.50. The molecule has 17 heavy (non-hydrogen) atoms. The van der Waals surface area contributed by atoms with Crippen LogP contribution in [0.2, 0.25) is 0 Å². The molecule has 0 saturated heterocycles. The van der Waals surface area contributed by atoms with Crippen LogP contribution in [0.3, 0.4) is 0 Å². The monoisotopic (exact) mass is 253 g/mol. The molecule has 0 heterocycles. The van der Waals surface area contributed by atoms with Crippen molar-refractivity contribution in [1.82, 2.24) is 0 Å². The number of benzene rings is 1. The van der Waals surface area contributed by atoms with Gasteiger partial charge in [-0.25, -0.2) is 0 Å². The average molecular weight is 253 g/mol. The molecular formula is C13H19NO2S. The fraction of sp³-hybridized carbons (Fsp3) is 0.462. The first-order valence-corrected chi connectivity index (χ1v) is 5.93. The molecule has 94 valence electrons. The van der Waals surface area contributed by atoms with Crippen LogP contribution in [0.15, 0.2) is 18.2 Å². The zero-order valence-electron chi connectivity index (χ0n) is 10.7. The molecule has 0 aliphatic carbocycles. The van der Waals surface area contributed by atoms with Crippen LogP contribution in [0, 0.1) is 5.92 Å². The summed E-state index contributed by atoms with van der Waals surface area (Å²) in [5.74, 6) is 1.87. The van der Waals surface area contributed by atoms with Gasteiger partial charge in [-0.15, -0.1) is 0 Å². The predicted octanol–water partition coefficient (Wildman–Crippen LogP) is 2.73. The molecule has 0 aromatic heterocycles. The van der Waals surface area contributed by atoms with Gasteiger partial charge < -0.3 is 15.2 Å². The quantitative estimate of drug-likeness (QED) is 0.819. The summed E-state index contributed by atoms with van der Waals surface area (Å²) in [6.45, 7) is 4.13. The maximum atomic E-state index is 5.68. The highest BCUT2D eigenvalue weighted by Crippen LogP contribution is 2.33. The molecule has 1 aromatic carbocycles. The number of methoxy groups -OCH3 is 2. The minimum atomic E-state index is 0.156. The third-order valence-electron chi connectivity index (χ3n) is 3.13. The maximum absolute atomic E-state index is 5.68. The first-order chi connectivity index (χ1) is 8.01. The Labute approximate surface area is 108 Å². The smallest absolute Gasteiger partial charge is 0.160 e. The Kier molecular flexibility index (Phi) is 4.75. The second-order valence-corrected chi connectivity index (χ2v) is 4.57. The molecule has 2 unspecified atom stereocenters. The van der Waals surface area contributed by atoms with Crippen molar-refractivity contribution in [2.75, 3.05) is 14.2 Å². The summed E-state index contributed by atoms with van der Waals surface area (Å²) in [7, 11) is 3.25. The summed E-state index contributed by atoms with van der Waals surface area (Å²) in [6.07, 6.45) is 0. The molecule has 4 heteroatoms. The summed E-state index contributed by atoms with van der Waals surface area (Å²) in [5, 5.41) is 0. The lowest BCUT2D eigenvalue weighted by atomic mass is 9.89. The van der Waals surface area contributed by atoms with Gasteiger partial charge in [-0.3, -0.25) is 0 Å². The van der Waals surface area contributed by atoms with E-state index in [-0.39, 0.29) is 11.8 Å². The van der Waals surface area contributed by atoms with E-state index in [1.54, 1.807) is 14.2 Å². The van der Waals surface area contributed by atoms with Crippen molar-refractivity contribution in [3.8, 4) is 11.5 Å². The van der Waals surface area contributed by atoms with Crippen LogP contribution < -0.4 is 15.2 Å². The molecule has 0 saturated carbocycles. The average Bonchev–Trinajstić information content (AvgIpc) is 2.35. The molecule has 0 bridgehead atoms. The molecule has 1 rings (SSSR count). The van der Waals surface area contributed by atoms with E-state index in [2.05, 4.69) is 6.92 Å². The van der Waals surface area contributed by atoms with E-state index >= 15 is 0 Å². The second-order valence-electron chi connectivity index (χ2n) is 4.09. The van der Waals surface area contributed by atoms with Gasteiger partial charge in [0.25, 0.3) is 0 Å². The summed E-state index contributed by atoms with van der Waals surface area (Å²) in [6, 6.07) is 5.88. The van der Waals surface area contributed by atoms with Gasteiger partial charge in [0.15, 0.2) is 11.5 Å². The van der Waals surface area contributed by atoms with E-state index in [9.17, 15) is 0 Å². The first-order valence-electron chi connectivity index (χ1n) is 5.52. The van der Waals surface area contributed by atoms with Crippen LogP contribution in [-0.2, 0) is 0 Å². The van der Waals surface area contributed by atoms with Crippen molar-refractivity contribution in [2.45, 2.75) is 19.8 Å². The van der Waals surface area contributed by atoms with E-state index in [1.807, 2.05) is 25.1 Å². The van der Waals surface area contributed by atoms with Gasteiger partial charge in [0.1, 0.15) is 0 Å². The number of ether oxygens (including phenoxy) is 2. The SMILES string of the molecule is COc1ccc(C(C)C(C)C(N)=S)cc1OC. The van der Waals surface area contributed by atoms with E-state index in [0.717, 1.165) is 17.1 Å². The molecule has 0 amide bonds. The lowest BCUT2D eigenvalue weighted by Gasteiger charge is -2.20. The number of hydrogen-bond acceptors (Lipinski definition) is 3. The Bertz CT molecular complexity index is 406. The highest BCUT2D eigenvalue weighted by atomic mass is 32.1. The molecule has 0 aliphatic rings. The van der Waals surface area contributed by atoms with E-state index in [0.29, 0.717) is 4.99 Å². The van der Waals surface area contributed by atoms with Gasteiger partial charge in [-0.1, -0.05) is 32.1 Å². The zero-order valence-corrected chi connectivity index (χ0v) is 11.5. The van der Waals surface area contributed by atoms with Gasteiger partial charge in [0, 0.05) is 5.92 Å². The van der Waals surface area contributed by atoms with Gasteiger partial charge >= 0.3 is 0 Å². The van der Waals surface area contributed by atoms with Crippen LogP contribution in [0.25, 0.3) is 0 Å². The first kappa shape index (κ1) is 13.8. The molecule has 2 N–H and O–H groups in total. The van der Waals surface area contributed by atoms with Gasteiger partial charge in [-0.05, 0) is 23.6 Å². The fourth-order valence-corrected chi connectivity index (χ4v) is 1.88. The Morgan fingerprint density at radius 3 is 2.24 bits per heavy atom. The number of nitrogens with two attached hydrogens (primary N) is 1. The molecule has 0 aliphatic heterocycles. The van der Waals surface area contributed by atoms with E-state index in [1.165, 1.54) is 0 Å². The highest BCUT2D eigenvalue weighted by molar-refractivity contribution is 7.80. The summed E-state index contributed by atoms with van der Waals surface area (Å²) < 4.78 is 10.5. The van der Waals surface area contributed by atoms with Crippen LogP contribution in [0.5, 0.6) is 11.5 Å². The minimum Gasteiger partial charge on any atom is -0.493 e. The van der Waals surface area contributed by atoms with Gasteiger partial charge in [0.2, 0.25) is 0 Å². The van der Waals surface area contributed by atoms with Gasteiger partial charge in [-0.2, -0.15) is 0 Å². The molecule has 0 spiro atoms. The zero-order chi connectivity index (χ0) is 13.0. The molecule has 3 nitrogen and oxygen atoms in total. The van der Waals surface area contributed by atoms with Crippen molar-refractivity contribution in [3.05, 3.63) is 23.8 Å². The molecule has 0 radical (unpaired) electrons. The largest absolute Gasteiger partial charge is 0.493 e. The van der Waals surface area contributed by atoms with E-state index in [4.69, 9.17) is 27.4 Å². The van der Waals surface area contributed by atoms with Crippen LogP contribution in [0.1, 0.15) is 25.3 Å². The Hall–Kier alpha value is -1.29. The number of rotatable bonds is 5. The van der Waals surface area contributed by atoms with Crippen molar-refractivity contribution in [3.63, 3.8) is 0 Å². The molecule has 2 atom stereocenters. The fourth-order valence-electron chi connectivity index (χ4n) is 1.67. The number of thiocarbonyl (C=S) groups is 1. The topological polar surface area (TPSA) is 44.5 Å². The molecular weight excluding hydrogens is 234 g/mol. The summed E-state index contributed by atoms with van der Waals surface area (Å²) in [5.41, 5.74) is 6.82. The van der Waals surface area contributed by atoms with Crippen LogP contribution in [0.4, 0.5) is 0 Å². The van der Waals surface area contributed by atoms with Crippen LogP contribution >= 0.6 is 12.2 Å². The highest BCUT2D eigenvalue weighted by Gasteiger charge is 2.18. The van der Waals surface area contributed by atoms with E-state index < -0.39 is 0 Å². The van der Waals surface area contributed by atoms with Crippen molar-refractivity contribution < 1.29 is 9.47 Å². The van der Waals surface area contributed by atoms with Crippen LogP contribution in [-0.4, -0.2) is 19.2 Å². The summed E-state index contributed by atoms with van der Waals surface area (Å²) in [4.78, 5) is 0.535. The van der Waals surface area contributed by atoms with Crippen molar-refractivity contribution >= 4 is 17.2 Å². The predicted molar refractivity (Wildman–Crippen MR) is 73.9 cm³/mol. The summed E-state index contributed by atoms with van der Waals surface area (Å²) >= 11 is 5.03. The third kappa shape index (κ3) is 3.09. The van der Waals surface area contributed by atoms with Crippen molar-refractivity contribution in [1.29, 1.82) is 0 Å². The minimum absolute atomic E-state index is 0.156. The van der Waals surface area contributed by atoms with Gasteiger partial charge in [0.05, 0.1) is 19.2 Å².